The van der Waals surface area contributed by atoms with Crippen LogP contribution in [0.1, 0.15) is 9.67 Å². The fourth-order valence-electron chi connectivity index (χ4n) is 1.92. The third-order valence-corrected chi connectivity index (χ3v) is 7.23. The third kappa shape index (κ3) is 4.04. The zero-order valence-corrected chi connectivity index (χ0v) is 14.4. The van der Waals surface area contributed by atoms with Gasteiger partial charge in [-0.15, -0.1) is 11.3 Å². The molecule has 19 heavy (non-hydrogen) atoms. The topological polar surface area (TPSA) is 54.5 Å². The Morgan fingerprint density at radius 3 is 2.84 bits per heavy atom. The smallest absolute Gasteiger partial charge is 0.186 e. The molecule has 2 rings (SSSR count). The van der Waals surface area contributed by atoms with Gasteiger partial charge in [0.1, 0.15) is 5.37 Å². The molecule has 0 saturated carbocycles. The SMILES string of the molecule is CS(=O)(=O)C1CSCCN1CC(=O)c1ccc(Br)s1. The zero-order chi connectivity index (χ0) is 14.0. The van der Waals surface area contributed by atoms with E-state index in [1.54, 1.807) is 22.7 Å². The average Bonchev–Trinajstić information content (AvgIpc) is 2.75. The van der Waals surface area contributed by atoms with E-state index >= 15 is 0 Å². The standard InChI is InChI=1S/C11H14BrNO3S3/c1-19(15,16)11-7-17-5-4-13(11)6-8(14)9-2-3-10(12)18-9/h2-3,11H,4-7H2,1H3. The predicted octanol–water partition coefficient (Wildman–Crippen LogP) is 2.11. The van der Waals surface area contributed by atoms with E-state index in [1.807, 2.05) is 6.07 Å². The molecule has 0 aliphatic carbocycles. The number of nitrogens with zero attached hydrogens (tertiary/aromatic N) is 1. The molecule has 8 heteroatoms. The van der Waals surface area contributed by atoms with Gasteiger partial charge >= 0.3 is 0 Å². The first kappa shape index (κ1) is 15.5. The lowest BCUT2D eigenvalue weighted by molar-refractivity contribution is 0.0932. The lowest BCUT2D eigenvalue weighted by atomic mass is 10.3. The van der Waals surface area contributed by atoms with E-state index in [-0.39, 0.29) is 12.3 Å². The molecule has 1 unspecified atom stereocenters. The quantitative estimate of drug-likeness (QED) is 0.745. The Balaban J connectivity index is 2.10. The van der Waals surface area contributed by atoms with Gasteiger partial charge in [0.25, 0.3) is 0 Å². The van der Waals surface area contributed by atoms with Crippen LogP contribution in [-0.4, -0.2) is 55.3 Å². The Labute approximate surface area is 129 Å². The predicted molar refractivity (Wildman–Crippen MR) is 83.9 cm³/mol. The summed E-state index contributed by atoms with van der Waals surface area (Å²) in [6.45, 7) is 0.811. The summed E-state index contributed by atoms with van der Waals surface area (Å²) in [5, 5.41) is -0.543. The molecule has 0 amide bonds. The van der Waals surface area contributed by atoms with Crippen LogP contribution in [0.4, 0.5) is 0 Å². The molecule has 1 aliphatic rings. The number of Topliss-reactive ketones (excluding diaryl/α,β-unsaturated/α-hetero) is 1. The Hall–Kier alpha value is 0.110. The molecule has 4 nitrogen and oxygen atoms in total. The van der Waals surface area contributed by atoms with Crippen molar-refractivity contribution in [3.63, 3.8) is 0 Å². The first-order valence-corrected chi connectivity index (χ1v) is 10.4. The Kier molecular flexibility index (Phi) is 5.10. The lowest BCUT2D eigenvalue weighted by Crippen LogP contribution is -2.48. The number of thioether (sulfide) groups is 1. The minimum atomic E-state index is -3.15. The van der Waals surface area contributed by atoms with Gasteiger partial charge in [-0.2, -0.15) is 11.8 Å². The normalized spacial score (nSPS) is 21.5. The molecular weight excluding hydrogens is 370 g/mol. The number of ketones is 1. The van der Waals surface area contributed by atoms with Crippen molar-refractivity contribution in [3.05, 3.63) is 20.8 Å². The second-order valence-corrected chi connectivity index (χ2v) is 10.2. The molecule has 1 aromatic heterocycles. The summed E-state index contributed by atoms with van der Waals surface area (Å²) in [5.41, 5.74) is 0. The third-order valence-electron chi connectivity index (χ3n) is 2.88. The van der Waals surface area contributed by atoms with E-state index in [1.165, 1.54) is 17.6 Å². The highest BCUT2D eigenvalue weighted by Crippen LogP contribution is 2.24. The molecule has 0 spiro atoms. The Morgan fingerprint density at radius 1 is 1.53 bits per heavy atom. The van der Waals surface area contributed by atoms with Crippen molar-refractivity contribution in [1.29, 1.82) is 0 Å². The molecule has 1 saturated heterocycles. The van der Waals surface area contributed by atoms with Crippen LogP contribution in [0.3, 0.4) is 0 Å². The van der Waals surface area contributed by atoms with Crippen LogP contribution in [0.15, 0.2) is 15.9 Å². The number of halogens is 1. The van der Waals surface area contributed by atoms with Gasteiger partial charge in [-0.25, -0.2) is 8.42 Å². The summed E-state index contributed by atoms with van der Waals surface area (Å²) in [6, 6.07) is 3.60. The van der Waals surface area contributed by atoms with E-state index in [0.717, 1.165) is 9.54 Å². The number of hydrogen-bond acceptors (Lipinski definition) is 6. The highest BCUT2D eigenvalue weighted by molar-refractivity contribution is 9.11. The van der Waals surface area contributed by atoms with Crippen LogP contribution >= 0.6 is 39.0 Å². The van der Waals surface area contributed by atoms with Crippen molar-refractivity contribution in [2.24, 2.45) is 0 Å². The summed E-state index contributed by atoms with van der Waals surface area (Å²) in [4.78, 5) is 14.6. The van der Waals surface area contributed by atoms with E-state index < -0.39 is 15.2 Å². The van der Waals surface area contributed by atoms with Gasteiger partial charge in [0.05, 0.1) is 15.2 Å². The highest BCUT2D eigenvalue weighted by Gasteiger charge is 2.32. The minimum Gasteiger partial charge on any atom is -0.292 e. The van der Waals surface area contributed by atoms with E-state index in [9.17, 15) is 13.2 Å². The maximum absolute atomic E-state index is 12.1. The van der Waals surface area contributed by atoms with E-state index in [4.69, 9.17) is 0 Å². The molecule has 0 bridgehead atoms. The van der Waals surface area contributed by atoms with Gasteiger partial charge in [0, 0.05) is 24.3 Å². The van der Waals surface area contributed by atoms with E-state index in [2.05, 4.69) is 15.9 Å². The summed E-state index contributed by atoms with van der Waals surface area (Å²) in [6.07, 6.45) is 1.24. The Morgan fingerprint density at radius 2 is 2.26 bits per heavy atom. The van der Waals surface area contributed by atoms with Gasteiger partial charge in [-0.1, -0.05) is 0 Å². The van der Waals surface area contributed by atoms with Crippen LogP contribution < -0.4 is 0 Å². The molecule has 1 aromatic rings. The molecule has 2 heterocycles. The van der Waals surface area contributed by atoms with Gasteiger partial charge in [0.15, 0.2) is 15.6 Å². The first-order chi connectivity index (χ1) is 8.88. The molecule has 0 N–H and O–H groups in total. The lowest BCUT2D eigenvalue weighted by Gasteiger charge is -2.33. The van der Waals surface area contributed by atoms with Crippen molar-refractivity contribution in [3.8, 4) is 0 Å². The summed E-state index contributed by atoms with van der Waals surface area (Å²) < 4.78 is 24.4. The van der Waals surface area contributed by atoms with Crippen molar-refractivity contribution in [1.82, 2.24) is 4.90 Å². The molecule has 0 radical (unpaired) electrons. The van der Waals surface area contributed by atoms with Gasteiger partial charge < -0.3 is 0 Å². The second-order valence-electron chi connectivity index (χ2n) is 4.36. The van der Waals surface area contributed by atoms with Crippen LogP contribution in [0.25, 0.3) is 0 Å². The first-order valence-electron chi connectivity index (χ1n) is 5.67. The highest BCUT2D eigenvalue weighted by atomic mass is 79.9. The largest absolute Gasteiger partial charge is 0.292 e. The zero-order valence-electron chi connectivity index (χ0n) is 10.3. The van der Waals surface area contributed by atoms with Gasteiger partial charge in [-0.3, -0.25) is 9.69 Å². The van der Waals surface area contributed by atoms with Gasteiger partial charge in [0.2, 0.25) is 0 Å². The van der Waals surface area contributed by atoms with Crippen LogP contribution in [-0.2, 0) is 9.84 Å². The monoisotopic (exact) mass is 383 g/mol. The van der Waals surface area contributed by atoms with Crippen LogP contribution in [0.5, 0.6) is 0 Å². The number of carbonyl (C=O) groups is 1. The minimum absolute atomic E-state index is 0.0174. The van der Waals surface area contributed by atoms with Crippen molar-refractivity contribution in [2.45, 2.75) is 5.37 Å². The maximum Gasteiger partial charge on any atom is 0.186 e. The number of sulfone groups is 1. The van der Waals surface area contributed by atoms with Crippen molar-refractivity contribution >= 4 is 54.6 Å². The van der Waals surface area contributed by atoms with Crippen LogP contribution in [0, 0.1) is 0 Å². The van der Waals surface area contributed by atoms with E-state index in [0.29, 0.717) is 17.2 Å². The summed E-state index contributed by atoms with van der Waals surface area (Å²) in [7, 11) is -3.15. The molecule has 1 fully saturated rings. The van der Waals surface area contributed by atoms with Crippen molar-refractivity contribution in [2.75, 3.05) is 30.9 Å². The average molecular weight is 384 g/mol. The molecule has 1 atom stereocenters. The molecular formula is C11H14BrNO3S3. The number of rotatable bonds is 4. The van der Waals surface area contributed by atoms with Gasteiger partial charge in [-0.05, 0) is 28.1 Å². The fraction of sp³-hybridized carbons (Fsp3) is 0.545. The fourth-order valence-corrected chi connectivity index (χ4v) is 6.17. The summed E-state index contributed by atoms with van der Waals surface area (Å²) in [5.74, 6) is 1.39. The molecule has 1 aliphatic heterocycles. The number of carbonyl (C=O) groups excluding carboxylic acids is 1. The molecule has 106 valence electrons. The maximum atomic E-state index is 12.1. The number of thiophene rings is 1. The summed E-state index contributed by atoms with van der Waals surface area (Å²) >= 11 is 6.33. The Bertz CT molecular complexity index is 569. The van der Waals surface area contributed by atoms with Crippen molar-refractivity contribution < 1.29 is 13.2 Å². The second kappa shape index (κ2) is 6.26. The molecule has 0 aromatic carbocycles. The van der Waals surface area contributed by atoms with Crippen LogP contribution in [0.2, 0.25) is 0 Å². The number of hydrogen-bond donors (Lipinski definition) is 0.